The fraction of sp³-hybridized carbons (Fsp3) is 0.900. The number of ether oxygens (including phenoxy) is 2. The molecule has 7 heteroatoms. The number of aliphatic carboxylic acids is 1. The first-order valence-electron chi connectivity index (χ1n) is 5.46. The average molecular weight is 249 g/mol. The molecule has 1 aliphatic rings. The molecule has 17 heavy (non-hydrogen) atoms. The molecule has 0 aromatic carbocycles. The highest BCUT2D eigenvalue weighted by molar-refractivity contribution is 5.73. The molecule has 0 amide bonds. The highest BCUT2D eigenvalue weighted by Gasteiger charge is 2.40. The van der Waals surface area contributed by atoms with Gasteiger partial charge in [-0.1, -0.05) is 6.92 Å². The monoisotopic (exact) mass is 249 g/mol. The zero-order valence-electron chi connectivity index (χ0n) is 9.81. The largest absolute Gasteiger partial charge is 0.480 e. The van der Waals surface area contributed by atoms with Gasteiger partial charge in [-0.05, 0) is 6.92 Å². The van der Waals surface area contributed by atoms with Gasteiger partial charge in [0.25, 0.3) is 0 Å². The quantitative estimate of drug-likeness (QED) is 0.479. The number of hydrogen-bond donors (Lipinski definition) is 4. The Morgan fingerprint density at radius 2 is 2.00 bits per heavy atom. The molecule has 0 spiro atoms. The number of rotatable bonds is 4. The van der Waals surface area contributed by atoms with Gasteiger partial charge in [0.15, 0.2) is 6.29 Å². The van der Waals surface area contributed by atoms with E-state index in [2.05, 4.69) is 0 Å². The van der Waals surface area contributed by atoms with Crippen molar-refractivity contribution in [2.45, 2.75) is 44.5 Å². The number of aliphatic hydroxyl groups is 2. The maximum atomic E-state index is 10.5. The molecule has 6 atom stereocenters. The minimum Gasteiger partial charge on any atom is -0.480 e. The van der Waals surface area contributed by atoms with E-state index in [-0.39, 0.29) is 6.61 Å². The van der Waals surface area contributed by atoms with E-state index in [0.717, 1.165) is 0 Å². The van der Waals surface area contributed by atoms with Crippen molar-refractivity contribution < 1.29 is 29.6 Å². The van der Waals surface area contributed by atoms with Gasteiger partial charge in [0.05, 0.1) is 18.8 Å². The molecule has 100 valence electrons. The van der Waals surface area contributed by atoms with Gasteiger partial charge in [0.1, 0.15) is 12.1 Å². The number of nitrogens with two attached hydrogens (primary N) is 1. The molecular formula is C10H19NO6. The summed E-state index contributed by atoms with van der Waals surface area (Å²) in [6, 6.07) is -1.13. The number of carboxylic acids is 1. The summed E-state index contributed by atoms with van der Waals surface area (Å²) in [5.74, 6) is -1.62. The second-order valence-electron chi connectivity index (χ2n) is 4.33. The van der Waals surface area contributed by atoms with E-state index in [4.69, 9.17) is 20.3 Å². The van der Waals surface area contributed by atoms with Crippen molar-refractivity contribution in [1.82, 2.24) is 0 Å². The van der Waals surface area contributed by atoms with E-state index in [0.29, 0.717) is 0 Å². The van der Waals surface area contributed by atoms with Crippen molar-refractivity contribution >= 4 is 5.97 Å². The number of aliphatic hydroxyl groups excluding tert-OH is 2. The maximum absolute atomic E-state index is 10.5. The maximum Gasteiger partial charge on any atom is 0.322 e. The number of carboxylic acid groups (broad SMARTS) is 1. The molecule has 5 N–H and O–H groups in total. The third-order valence-corrected chi connectivity index (χ3v) is 2.90. The van der Waals surface area contributed by atoms with Gasteiger partial charge in [-0.3, -0.25) is 4.79 Å². The molecule has 4 unspecified atom stereocenters. The van der Waals surface area contributed by atoms with Gasteiger partial charge in [-0.2, -0.15) is 0 Å². The lowest BCUT2D eigenvalue weighted by Crippen LogP contribution is -2.54. The summed E-state index contributed by atoms with van der Waals surface area (Å²) in [5.41, 5.74) is 5.28. The van der Waals surface area contributed by atoms with Crippen LogP contribution in [0.1, 0.15) is 13.8 Å². The van der Waals surface area contributed by atoms with Crippen molar-refractivity contribution in [2.24, 2.45) is 11.7 Å². The van der Waals surface area contributed by atoms with E-state index in [9.17, 15) is 15.0 Å². The molecule has 0 saturated carbocycles. The summed E-state index contributed by atoms with van der Waals surface area (Å²) in [6.45, 7) is 3.05. The lowest BCUT2D eigenvalue weighted by molar-refractivity contribution is -0.273. The van der Waals surface area contributed by atoms with Gasteiger partial charge in [-0.15, -0.1) is 0 Å². The van der Waals surface area contributed by atoms with E-state index < -0.39 is 42.5 Å². The van der Waals surface area contributed by atoms with Crippen molar-refractivity contribution in [2.75, 3.05) is 6.61 Å². The first-order chi connectivity index (χ1) is 7.84. The Kier molecular flexibility index (Phi) is 4.84. The lowest BCUT2D eigenvalue weighted by atomic mass is 9.93. The highest BCUT2D eigenvalue weighted by atomic mass is 16.7. The van der Waals surface area contributed by atoms with Crippen LogP contribution in [0.5, 0.6) is 0 Å². The molecule has 1 saturated heterocycles. The summed E-state index contributed by atoms with van der Waals surface area (Å²) < 4.78 is 10.5. The van der Waals surface area contributed by atoms with Gasteiger partial charge in [0, 0.05) is 5.92 Å². The molecule has 1 heterocycles. The van der Waals surface area contributed by atoms with Crippen LogP contribution in [0.4, 0.5) is 0 Å². The third kappa shape index (κ3) is 3.36. The second-order valence-corrected chi connectivity index (χ2v) is 4.33. The zero-order chi connectivity index (χ0) is 13.2. The molecule has 0 aliphatic carbocycles. The number of carbonyl (C=O) groups is 1. The Balaban J connectivity index is 2.51. The molecule has 0 radical (unpaired) electrons. The zero-order valence-corrected chi connectivity index (χ0v) is 9.81. The lowest BCUT2D eigenvalue weighted by Gasteiger charge is -2.40. The molecular weight excluding hydrogens is 230 g/mol. The summed E-state index contributed by atoms with van der Waals surface area (Å²) in [4.78, 5) is 10.5. The fourth-order valence-corrected chi connectivity index (χ4v) is 1.63. The molecule has 7 nitrogen and oxygen atoms in total. The van der Waals surface area contributed by atoms with Crippen LogP contribution < -0.4 is 5.73 Å². The van der Waals surface area contributed by atoms with Gasteiger partial charge in [-0.25, -0.2) is 0 Å². The van der Waals surface area contributed by atoms with Gasteiger partial charge >= 0.3 is 5.97 Å². The molecule has 0 aromatic heterocycles. The Hall–Kier alpha value is -0.730. The summed E-state index contributed by atoms with van der Waals surface area (Å²) in [7, 11) is 0. The Morgan fingerprint density at radius 1 is 1.41 bits per heavy atom. The van der Waals surface area contributed by atoms with Crippen LogP contribution in [0.15, 0.2) is 0 Å². The summed E-state index contributed by atoms with van der Waals surface area (Å²) in [6.07, 6.45) is -3.29. The normalized spacial score (nSPS) is 39.9. The summed E-state index contributed by atoms with van der Waals surface area (Å²) in [5, 5.41) is 27.8. The first-order valence-corrected chi connectivity index (χ1v) is 5.46. The minimum atomic E-state index is -1.16. The van der Waals surface area contributed by atoms with Crippen LogP contribution in [0.2, 0.25) is 0 Å². The molecule has 1 rings (SSSR count). The van der Waals surface area contributed by atoms with Crippen LogP contribution in [-0.2, 0) is 14.3 Å². The smallest absolute Gasteiger partial charge is 0.322 e. The van der Waals surface area contributed by atoms with Gasteiger partial charge in [0.2, 0.25) is 0 Å². The van der Waals surface area contributed by atoms with Crippen LogP contribution in [0.3, 0.4) is 0 Å². The summed E-state index contributed by atoms with van der Waals surface area (Å²) >= 11 is 0. The first kappa shape index (κ1) is 14.3. The molecule has 0 bridgehead atoms. The predicted octanol–water partition coefficient (Wildman–Crippen LogP) is -1.48. The van der Waals surface area contributed by atoms with Crippen molar-refractivity contribution in [3.8, 4) is 0 Å². The molecule has 1 fully saturated rings. The predicted molar refractivity (Wildman–Crippen MR) is 57.1 cm³/mol. The van der Waals surface area contributed by atoms with Crippen LogP contribution in [-0.4, -0.2) is 58.5 Å². The Morgan fingerprint density at radius 3 is 2.53 bits per heavy atom. The minimum absolute atomic E-state index is 0.208. The van der Waals surface area contributed by atoms with Crippen LogP contribution in [0, 0.1) is 5.92 Å². The van der Waals surface area contributed by atoms with E-state index in [1.165, 1.54) is 0 Å². The molecule has 1 aliphatic heterocycles. The van der Waals surface area contributed by atoms with Crippen molar-refractivity contribution in [1.29, 1.82) is 0 Å². The van der Waals surface area contributed by atoms with Gasteiger partial charge < -0.3 is 30.5 Å². The average Bonchev–Trinajstić information content (AvgIpc) is 2.28. The van der Waals surface area contributed by atoms with Crippen molar-refractivity contribution in [3.63, 3.8) is 0 Å². The standard InChI is InChI=1S/C10H19NO6/c1-4-7(12)8(13)5(2)17-10(4)16-3-6(11)9(14)15/h4-8,10,12-13H,3,11H2,1-2H3,(H,14,15)/t4?,5?,6?,7?,8-,10+/m0/s1. The number of hydrogen-bond acceptors (Lipinski definition) is 6. The Labute approximate surface area is 99.1 Å². The second kappa shape index (κ2) is 5.74. The van der Waals surface area contributed by atoms with E-state index >= 15 is 0 Å². The van der Waals surface area contributed by atoms with Crippen molar-refractivity contribution in [3.05, 3.63) is 0 Å². The Bertz CT molecular complexity index is 274. The molecule has 0 aromatic rings. The SMILES string of the molecule is CC1C(O)[C@@H](O)C(C)O[C@H]1OCC(N)C(=O)O. The topological polar surface area (TPSA) is 122 Å². The van der Waals surface area contributed by atoms with Crippen LogP contribution >= 0.6 is 0 Å². The highest BCUT2D eigenvalue weighted by Crippen LogP contribution is 2.26. The van der Waals surface area contributed by atoms with E-state index in [1.807, 2.05) is 0 Å². The van der Waals surface area contributed by atoms with E-state index in [1.54, 1.807) is 13.8 Å². The third-order valence-electron chi connectivity index (χ3n) is 2.90. The fourth-order valence-electron chi connectivity index (χ4n) is 1.63. The van der Waals surface area contributed by atoms with Crippen LogP contribution in [0.25, 0.3) is 0 Å².